The molecule has 0 saturated carbocycles. The Labute approximate surface area is 183 Å². The number of fused-ring (bicyclic) bond motifs is 1. The number of nitrogens with one attached hydrogen (secondary N) is 2. The van der Waals surface area contributed by atoms with Crippen LogP contribution in [0, 0.1) is 0 Å². The first-order chi connectivity index (χ1) is 15.0. The number of pyridine rings is 2. The minimum atomic E-state index is -0.353. The quantitative estimate of drug-likeness (QED) is 0.464. The summed E-state index contributed by atoms with van der Waals surface area (Å²) in [5.41, 5.74) is 3.78. The van der Waals surface area contributed by atoms with Gasteiger partial charge in [-0.05, 0) is 49.2 Å². The Hall–Kier alpha value is -3.38. The average molecular weight is 433 g/mol. The van der Waals surface area contributed by atoms with Crippen LogP contribution in [0.25, 0.3) is 21.8 Å². The van der Waals surface area contributed by atoms with Crippen LogP contribution in [0.3, 0.4) is 0 Å². The van der Waals surface area contributed by atoms with Gasteiger partial charge in [0.05, 0.1) is 11.0 Å². The number of halogens is 1. The first-order valence-corrected chi connectivity index (χ1v) is 10.6. The van der Waals surface area contributed by atoms with E-state index in [0.29, 0.717) is 23.5 Å². The van der Waals surface area contributed by atoms with Gasteiger partial charge >= 0.3 is 0 Å². The lowest BCUT2D eigenvalue weighted by molar-refractivity contribution is 0.0953. The number of amides is 1. The molecule has 0 fully saturated rings. The summed E-state index contributed by atoms with van der Waals surface area (Å²) in [4.78, 5) is 30.0. The second kappa shape index (κ2) is 7.71. The SMILES string of the molecule is CC1Cc2cccc3c(=O)c(C(=O)NCCNc4ccnc5cc(Cl)ccc45)cn1c23. The van der Waals surface area contributed by atoms with E-state index in [1.165, 1.54) is 0 Å². The molecule has 1 aliphatic rings. The van der Waals surface area contributed by atoms with Gasteiger partial charge in [0.2, 0.25) is 5.43 Å². The molecule has 1 atom stereocenters. The van der Waals surface area contributed by atoms with Crippen LogP contribution in [0.1, 0.15) is 28.9 Å². The van der Waals surface area contributed by atoms with Gasteiger partial charge in [0.15, 0.2) is 0 Å². The number of rotatable bonds is 5. The van der Waals surface area contributed by atoms with Gasteiger partial charge in [-0.25, -0.2) is 0 Å². The van der Waals surface area contributed by atoms with Crippen LogP contribution in [0.5, 0.6) is 0 Å². The molecule has 0 radical (unpaired) electrons. The fraction of sp³-hybridized carbons (Fsp3) is 0.208. The molecule has 1 amide bonds. The highest BCUT2D eigenvalue weighted by atomic mass is 35.5. The summed E-state index contributed by atoms with van der Waals surface area (Å²) >= 11 is 6.04. The van der Waals surface area contributed by atoms with Gasteiger partial charge in [0.1, 0.15) is 5.56 Å². The van der Waals surface area contributed by atoms with Gasteiger partial charge in [0, 0.05) is 53.0 Å². The summed E-state index contributed by atoms with van der Waals surface area (Å²) in [5.74, 6) is -0.353. The molecule has 0 saturated heterocycles. The Kier molecular flexibility index (Phi) is 4.87. The van der Waals surface area contributed by atoms with Crippen LogP contribution in [0.15, 0.2) is 59.7 Å². The predicted molar refractivity (Wildman–Crippen MR) is 124 cm³/mol. The van der Waals surface area contributed by atoms with Gasteiger partial charge in [0.25, 0.3) is 5.91 Å². The molecular formula is C24H21ClN4O2. The van der Waals surface area contributed by atoms with Crippen LogP contribution in [-0.4, -0.2) is 28.5 Å². The molecule has 5 rings (SSSR count). The van der Waals surface area contributed by atoms with Crippen molar-refractivity contribution < 1.29 is 4.79 Å². The third-order valence-electron chi connectivity index (χ3n) is 5.80. The molecule has 156 valence electrons. The Morgan fingerprint density at radius 1 is 1.19 bits per heavy atom. The Morgan fingerprint density at radius 3 is 2.94 bits per heavy atom. The van der Waals surface area contributed by atoms with E-state index in [9.17, 15) is 9.59 Å². The van der Waals surface area contributed by atoms with Crippen molar-refractivity contribution in [1.82, 2.24) is 14.9 Å². The molecule has 0 spiro atoms. The topological polar surface area (TPSA) is 76.0 Å². The zero-order valence-electron chi connectivity index (χ0n) is 17.0. The van der Waals surface area contributed by atoms with Crippen molar-refractivity contribution >= 4 is 45.0 Å². The largest absolute Gasteiger partial charge is 0.383 e. The number of carbonyl (C=O) groups excluding carboxylic acids is 1. The zero-order chi connectivity index (χ0) is 21.5. The molecule has 6 nitrogen and oxygen atoms in total. The van der Waals surface area contributed by atoms with Crippen molar-refractivity contribution in [1.29, 1.82) is 0 Å². The maximum absolute atomic E-state index is 12.9. The van der Waals surface area contributed by atoms with Crippen LogP contribution in [0.2, 0.25) is 5.02 Å². The number of hydrogen-bond acceptors (Lipinski definition) is 4. The van der Waals surface area contributed by atoms with E-state index < -0.39 is 0 Å². The van der Waals surface area contributed by atoms with Crippen LogP contribution in [-0.2, 0) is 6.42 Å². The van der Waals surface area contributed by atoms with Crippen molar-refractivity contribution in [3.8, 4) is 0 Å². The molecule has 0 bridgehead atoms. The lowest BCUT2D eigenvalue weighted by Crippen LogP contribution is -2.33. The molecule has 1 unspecified atom stereocenters. The maximum atomic E-state index is 12.9. The Bertz CT molecular complexity index is 1400. The minimum Gasteiger partial charge on any atom is -0.383 e. The number of aromatic nitrogens is 2. The number of carbonyl (C=O) groups is 1. The Balaban J connectivity index is 1.31. The monoisotopic (exact) mass is 432 g/mol. The van der Waals surface area contributed by atoms with Crippen molar-refractivity contribution in [2.75, 3.05) is 18.4 Å². The molecule has 0 aliphatic carbocycles. The molecular weight excluding hydrogens is 412 g/mol. The minimum absolute atomic E-state index is 0.183. The van der Waals surface area contributed by atoms with Gasteiger partial charge in [-0.15, -0.1) is 0 Å². The standard InChI is InChI=1S/C24H21ClN4O2/c1-14-11-15-3-2-4-18-22(15)29(14)13-19(23(18)30)24(31)28-10-9-27-20-7-8-26-21-12-16(25)5-6-17(20)21/h2-8,12-14H,9-11H2,1H3,(H,26,27)(H,28,31). The van der Waals surface area contributed by atoms with Gasteiger partial charge < -0.3 is 15.2 Å². The third kappa shape index (κ3) is 3.43. The zero-order valence-corrected chi connectivity index (χ0v) is 17.7. The van der Waals surface area contributed by atoms with Gasteiger partial charge in [-0.1, -0.05) is 23.7 Å². The molecule has 2 N–H and O–H groups in total. The molecule has 7 heteroatoms. The number of benzene rings is 2. The van der Waals surface area contributed by atoms with E-state index >= 15 is 0 Å². The molecule has 3 heterocycles. The second-order valence-electron chi connectivity index (χ2n) is 7.85. The van der Waals surface area contributed by atoms with Crippen LogP contribution in [0.4, 0.5) is 5.69 Å². The van der Waals surface area contributed by atoms with Crippen molar-refractivity contribution in [2.45, 2.75) is 19.4 Å². The lowest BCUT2D eigenvalue weighted by atomic mass is 10.1. The highest BCUT2D eigenvalue weighted by Crippen LogP contribution is 2.30. The molecule has 31 heavy (non-hydrogen) atoms. The molecule has 4 aromatic rings. The van der Waals surface area contributed by atoms with E-state index in [-0.39, 0.29) is 22.9 Å². The summed E-state index contributed by atoms with van der Waals surface area (Å²) in [7, 11) is 0. The predicted octanol–water partition coefficient (Wildman–Crippen LogP) is 4.16. The smallest absolute Gasteiger partial charge is 0.256 e. The summed E-state index contributed by atoms with van der Waals surface area (Å²) in [6, 6.07) is 13.4. The Morgan fingerprint density at radius 2 is 2.06 bits per heavy atom. The van der Waals surface area contributed by atoms with E-state index in [2.05, 4.69) is 22.5 Å². The van der Waals surface area contributed by atoms with Crippen molar-refractivity contribution in [2.24, 2.45) is 0 Å². The molecule has 2 aromatic heterocycles. The van der Waals surface area contributed by atoms with E-state index in [1.54, 1.807) is 18.5 Å². The summed E-state index contributed by atoms with van der Waals surface area (Å²) in [5, 5.41) is 8.38. The van der Waals surface area contributed by atoms with Crippen molar-refractivity contribution in [3.05, 3.63) is 81.2 Å². The first-order valence-electron chi connectivity index (χ1n) is 10.3. The van der Waals surface area contributed by atoms with Gasteiger partial charge in [-0.2, -0.15) is 0 Å². The summed E-state index contributed by atoms with van der Waals surface area (Å²) < 4.78 is 2.05. The highest BCUT2D eigenvalue weighted by Gasteiger charge is 2.24. The first kappa shape index (κ1) is 19.6. The summed E-state index contributed by atoms with van der Waals surface area (Å²) in [6.45, 7) is 2.99. The summed E-state index contributed by atoms with van der Waals surface area (Å²) in [6.07, 6.45) is 4.29. The lowest BCUT2D eigenvalue weighted by Gasteiger charge is -2.13. The average Bonchev–Trinajstić information content (AvgIpc) is 3.09. The number of nitrogens with zero attached hydrogens (tertiary/aromatic N) is 2. The molecule has 2 aromatic carbocycles. The van der Waals surface area contributed by atoms with Crippen molar-refractivity contribution in [3.63, 3.8) is 0 Å². The second-order valence-corrected chi connectivity index (χ2v) is 8.28. The number of para-hydroxylation sites is 1. The van der Waals surface area contributed by atoms with Crippen LogP contribution < -0.4 is 16.1 Å². The maximum Gasteiger partial charge on any atom is 0.256 e. The molecule has 1 aliphatic heterocycles. The fourth-order valence-corrected chi connectivity index (χ4v) is 4.49. The van der Waals surface area contributed by atoms with Crippen LogP contribution >= 0.6 is 11.6 Å². The van der Waals surface area contributed by atoms with E-state index in [1.807, 2.05) is 41.0 Å². The number of hydrogen-bond donors (Lipinski definition) is 2. The van der Waals surface area contributed by atoms with E-state index in [0.717, 1.165) is 34.1 Å². The normalized spacial score (nSPS) is 14.8. The number of anilines is 1. The van der Waals surface area contributed by atoms with E-state index in [4.69, 9.17) is 11.6 Å². The van der Waals surface area contributed by atoms with Gasteiger partial charge in [-0.3, -0.25) is 14.6 Å². The highest BCUT2D eigenvalue weighted by molar-refractivity contribution is 6.31. The third-order valence-corrected chi connectivity index (χ3v) is 6.04. The fourth-order valence-electron chi connectivity index (χ4n) is 4.32.